The predicted octanol–water partition coefficient (Wildman–Crippen LogP) is 2.84. The van der Waals surface area contributed by atoms with Crippen molar-refractivity contribution < 1.29 is 19.1 Å². The summed E-state index contributed by atoms with van der Waals surface area (Å²) in [5.41, 5.74) is 2.73. The highest BCUT2D eigenvalue weighted by Gasteiger charge is 2.22. The van der Waals surface area contributed by atoms with Crippen LogP contribution in [0.25, 0.3) is 0 Å². The Balaban J connectivity index is 1.44. The van der Waals surface area contributed by atoms with E-state index in [0.29, 0.717) is 6.42 Å². The van der Waals surface area contributed by atoms with Crippen molar-refractivity contribution in [2.45, 2.75) is 12.3 Å². The number of rotatable bonds is 10. The van der Waals surface area contributed by atoms with E-state index in [2.05, 4.69) is 10.6 Å². The van der Waals surface area contributed by atoms with Crippen molar-refractivity contribution >= 4 is 17.8 Å². The second-order valence-electron chi connectivity index (χ2n) is 7.20. The summed E-state index contributed by atoms with van der Waals surface area (Å²) < 4.78 is 5.13. The number of hydrogen-bond donors (Lipinski definition) is 2. The van der Waals surface area contributed by atoms with E-state index in [4.69, 9.17) is 4.74 Å². The maximum atomic E-state index is 12.9. The fourth-order valence-electron chi connectivity index (χ4n) is 3.27. The van der Waals surface area contributed by atoms with Gasteiger partial charge in [-0.3, -0.25) is 14.4 Å². The molecule has 0 aliphatic rings. The van der Waals surface area contributed by atoms with E-state index < -0.39 is 17.8 Å². The van der Waals surface area contributed by atoms with Gasteiger partial charge in [-0.15, -0.1) is 0 Å². The molecule has 0 saturated heterocycles. The summed E-state index contributed by atoms with van der Waals surface area (Å²) in [7, 11) is 0. The average Bonchev–Trinajstić information content (AvgIpc) is 2.83. The lowest BCUT2D eigenvalue weighted by Crippen LogP contribution is -2.41. The molecular weight excluding hydrogens is 404 g/mol. The molecule has 3 aromatic rings. The molecule has 2 amide bonds. The van der Waals surface area contributed by atoms with Crippen molar-refractivity contribution in [2.24, 2.45) is 0 Å². The number of amides is 2. The maximum Gasteiger partial charge on any atom is 0.325 e. The van der Waals surface area contributed by atoms with Gasteiger partial charge in [0, 0.05) is 6.42 Å². The highest BCUT2D eigenvalue weighted by Crippen LogP contribution is 2.24. The first-order valence-electron chi connectivity index (χ1n) is 10.5. The van der Waals surface area contributed by atoms with Crippen LogP contribution in [0.15, 0.2) is 91.0 Å². The van der Waals surface area contributed by atoms with Crippen LogP contribution >= 0.6 is 0 Å². The van der Waals surface area contributed by atoms with Gasteiger partial charge in [-0.25, -0.2) is 0 Å². The number of hydrogen-bond acceptors (Lipinski definition) is 4. The first-order chi connectivity index (χ1) is 15.6. The van der Waals surface area contributed by atoms with Crippen LogP contribution in [0.5, 0.6) is 0 Å². The summed E-state index contributed by atoms with van der Waals surface area (Å²) in [6, 6.07) is 28.4. The number of nitrogens with one attached hydrogen (secondary N) is 2. The van der Waals surface area contributed by atoms with E-state index in [0.717, 1.165) is 16.7 Å². The molecule has 3 rings (SSSR count). The van der Waals surface area contributed by atoms with Gasteiger partial charge in [0.05, 0.1) is 19.1 Å². The number of benzene rings is 3. The van der Waals surface area contributed by atoms with E-state index in [1.165, 1.54) is 0 Å². The molecule has 164 valence electrons. The minimum atomic E-state index is -0.534. The zero-order valence-corrected chi connectivity index (χ0v) is 17.7. The summed E-state index contributed by atoms with van der Waals surface area (Å²) in [5.74, 6) is -1.80. The van der Waals surface area contributed by atoms with Gasteiger partial charge in [0.15, 0.2) is 0 Å². The van der Waals surface area contributed by atoms with Crippen LogP contribution in [0.2, 0.25) is 0 Å². The SMILES string of the molecule is O=C(CNC(=O)C(c1ccccc1)c1ccccc1)NCC(=O)OCCc1ccccc1. The maximum absolute atomic E-state index is 12.9. The van der Waals surface area contributed by atoms with Gasteiger partial charge in [-0.2, -0.15) is 0 Å². The van der Waals surface area contributed by atoms with E-state index >= 15 is 0 Å². The Labute approximate surface area is 187 Å². The van der Waals surface area contributed by atoms with Gasteiger partial charge < -0.3 is 15.4 Å². The molecule has 0 aliphatic heterocycles. The second kappa shape index (κ2) is 12.1. The number of esters is 1. The quantitative estimate of drug-likeness (QED) is 0.485. The van der Waals surface area contributed by atoms with Crippen molar-refractivity contribution in [3.05, 3.63) is 108 Å². The third kappa shape index (κ3) is 7.09. The van der Waals surface area contributed by atoms with Gasteiger partial charge in [0.2, 0.25) is 11.8 Å². The number of carbonyl (C=O) groups is 3. The van der Waals surface area contributed by atoms with Crippen molar-refractivity contribution in [2.75, 3.05) is 19.7 Å². The Hall–Kier alpha value is -3.93. The lowest BCUT2D eigenvalue weighted by Gasteiger charge is -2.17. The first kappa shape index (κ1) is 22.7. The third-order valence-electron chi connectivity index (χ3n) is 4.88. The minimum absolute atomic E-state index is 0.230. The van der Waals surface area contributed by atoms with E-state index in [9.17, 15) is 14.4 Å². The van der Waals surface area contributed by atoms with Crippen LogP contribution in [-0.2, 0) is 25.5 Å². The van der Waals surface area contributed by atoms with Crippen molar-refractivity contribution in [3.63, 3.8) is 0 Å². The smallest absolute Gasteiger partial charge is 0.325 e. The van der Waals surface area contributed by atoms with E-state index in [1.807, 2.05) is 91.0 Å². The Morgan fingerprint density at radius 1 is 0.688 bits per heavy atom. The normalized spacial score (nSPS) is 10.4. The van der Waals surface area contributed by atoms with E-state index in [1.54, 1.807) is 0 Å². The molecule has 0 spiro atoms. The molecule has 0 heterocycles. The molecule has 6 heteroatoms. The van der Waals surface area contributed by atoms with Crippen LogP contribution in [-0.4, -0.2) is 37.5 Å². The van der Waals surface area contributed by atoms with Crippen LogP contribution < -0.4 is 10.6 Å². The zero-order valence-electron chi connectivity index (χ0n) is 17.7. The van der Waals surface area contributed by atoms with Crippen molar-refractivity contribution in [3.8, 4) is 0 Å². The molecule has 0 aromatic heterocycles. The molecule has 0 fully saturated rings. The molecular formula is C26H26N2O4. The van der Waals surface area contributed by atoms with Gasteiger partial charge >= 0.3 is 5.97 Å². The Morgan fingerprint density at radius 3 is 1.78 bits per heavy atom. The molecule has 2 N–H and O–H groups in total. The van der Waals surface area contributed by atoms with Gasteiger partial charge in [-0.1, -0.05) is 91.0 Å². The van der Waals surface area contributed by atoms with Crippen molar-refractivity contribution in [1.29, 1.82) is 0 Å². The highest BCUT2D eigenvalue weighted by atomic mass is 16.5. The lowest BCUT2D eigenvalue weighted by molar-refractivity contribution is -0.143. The largest absolute Gasteiger partial charge is 0.464 e. The Bertz CT molecular complexity index is 968. The van der Waals surface area contributed by atoms with Gasteiger partial charge in [0.1, 0.15) is 6.54 Å². The van der Waals surface area contributed by atoms with Gasteiger partial charge in [0.25, 0.3) is 0 Å². The third-order valence-corrected chi connectivity index (χ3v) is 4.88. The average molecular weight is 431 g/mol. The Kier molecular flexibility index (Phi) is 8.57. The molecule has 6 nitrogen and oxygen atoms in total. The first-order valence-corrected chi connectivity index (χ1v) is 10.5. The predicted molar refractivity (Wildman–Crippen MR) is 122 cm³/mol. The minimum Gasteiger partial charge on any atom is -0.464 e. The van der Waals surface area contributed by atoms with E-state index in [-0.39, 0.29) is 25.6 Å². The highest BCUT2D eigenvalue weighted by molar-refractivity contribution is 5.91. The summed E-state index contributed by atoms with van der Waals surface area (Å²) in [4.78, 5) is 36.8. The second-order valence-corrected chi connectivity index (χ2v) is 7.20. The monoisotopic (exact) mass is 430 g/mol. The van der Waals surface area contributed by atoms with Crippen molar-refractivity contribution in [1.82, 2.24) is 10.6 Å². The zero-order chi connectivity index (χ0) is 22.6. The standard InChI is InChI=1S/C26H26N2O4/c29-23(27-19-24(30)32-17-16-20-10-4-1-5-11-20)18-28-26(31)25(21-12-6-2-7-13-21)22-14-8-3-9-15-22/h1-15,25H,16-19H2,(H,27,29)(H,28,31). The van der Waals surface area contributed by atoms with Crippen LogP contribution in [0.1, 0.15) is 22.6 Å². The Morgan fingerprint density at radius 2 is 1.22 bits per heavy atom. The molecule has 0 aliphatic carbocycles. The summed E-state index contributed by atoms with van der Waals surface area (Å²) in [6.07, 6.45) is 0.608. The summed E-state index contributed by atoms with van der Waals surface area (Å²) in [6.45, 7) is -0.234. The lowest BCUT2D eigenvalue weighted by atomic mass is 9.90. The fraction of sp³-hybridized carbons (Fsp3) is 0.192. The molecule has 0 radical (unpaired) electrons. The molecule has 0 bridgehead atoms. The fourth-order valence-corrected chi connectivity index (χ4v) is 3.27. The van der Waals surface area contributed by atoms with Crippen LogP contribution in [0, 0.1) is 0 Å². The van der Waals surface area contributed by atoms with Crippen LogP contribution in [0.3, 0.4) is 0 Å². The summed E-state index contributed by atoms with van der Waals surface area (Å²) in [5, 5.41) is 5.14. The number of carbonyl (C=O) groups excluding carboxylic acids is 3. The molecule has 32 heavy (non-hydrogen) atoms. The summed E-state index contributed by atoms with van der Waals surface area (Å²) >= 11 is 0. The number of ether oxygens (including phenoxy) is 1. The molecule has 0 atom stereocenters. The topological polar surface area (TPSA) is 84.5 Å². The van der Waals surface area contributed by atoms with Crippen LogP contribution in [0.4, 0.5) is 0 Å². The molecule has 3 aromatic carbocycles. The molecule has 0 saturated carbocycles. The van der Waals surface area contributed by atoms with Gasteiger partial charge in [-0.05, 0) is 16.7 Å². The molecule has 0 unspecified atom stereocenters.